The summed E-state index contributed by atoms with van der Waals surface area (Å²) in [6.45, 7) is 1.27. The summed E-state index contributed by atoms with van der Waals surface area (Å²) in [5.74, 6) is 0.933. The zero-order valence-corrected chi connectivity index (χ0v) is 13.8. The van der Waals surface area contributed by atoms with Crippen LogP contribution < -0.4 is 5.32 Å². The standard InChI is InChI=1S/C17H16N4O5/c22-21(23)14-9-11(5-6-13(14)18-10-12-3-1-7-24-12)17-19-16(20-26-17)15-4-2-8-25-15/h2,4-6,8-9,12,18H,1,3,7,10H2/t12-/m1/s1. The Morgan fingerprint density at radius 3 is 3.00 bits per heavy atom. The van der Waals surface area contributed by atoms with Crippen LogP contribution in [0, 0.1) is 10.1 Å². The van der Waals surface area contributed by atoms with Gasteiger partial charge in [0.1, 0.15) is 5.69 Å². The van der Waals surface area contributed by atoms with Gasteiger partial charge in [-0.25, -0.2) is 0 Å². The summed E-state index contributed by atoms with van der Waals surface area (Å²) in [6, 6.07) is 8.17. The largest absolute Gasteiger partial charge is 0.461 e. The zero-order valence-electron chi connectivity index (χ0n) is 13.8. The minimum absolute atomic E-state index is 0.0572. The number of nitrogens with zero attached hydrogens (tertiary/aromatic N) is 3. The van der Waals surface area contributed by atoms with E-state index in [1.807, 2.05) is 0 Å². The molecule has 0 bridgehead atoms. The minimum atomic E-state index is -0.439. The highest BCUT2D eigenvalue weighted by molar-refractivity contribution is 5.70. The molecule has 0 radical (unpaired) electrons. The third-order valence-corrected chi connectivity index (χ3v) is 4.15. The van der Waals surface area contributed by atoms with Crippen LogP contribution in [-0.2, 0) is 4.74 Å². The molecule has 1 atom stereocenters. The predicted molar refractivity (Wildman–Crippen MR) is 91.6 cm³/mol. The first-order chi connectivity index (χ1) is 12.7. The number of nitro groups is 1. The van der Waals surface area contributed by atoms with Gasteiger partial charge >= 0.3 is 0 Å². The third kappa shape index (κ3) is 3.29. The molecule has 2 aromatic heterocycles. The van der Waals surface area contributed by atoms with Crippen LogP contribution in [0.2, 0.25) is 0 Å². The molecule has 3 aromatic rings. The van der Waals surface area contributed by atoms with Gasteiger partial charge in [0.25, 0.3) is 11.6 Å². The number of nitro benzene ring substituents is 1. The lowest BCUT2D eigenvalue weighted by molar-refractivity contribution is -0.383. The number of benzene rings is 1. The number of rotatable bonds is 6. The van der Waals surface area contributed by atoms with Crippen molar-refractivity contribution in [1.82, 2.24) is 10.1 Å². The Bertz CT molecular complexity index is 900. The molecule has 1 aromatic carbocycles. The molecule has 1 aliphatic rings. The normalized spacial score (nSPS) is 16.7. The topological polar surface area (TPSA) is 116 Å². The van der Waals surface area contributed by atoms with Crippen LogP contribution in [0.5, 0.6) is 0 Å². The molecule has 26 heavy (non-hydrogen) atoms. The number of hydrogen-bond donors (Lipinski definition) is 1. The van der Waals surface area contributed by atoms with Gasteiger partial charge < -0.3 is 19.0 Å². The first-order valence-electron chi connectivity index (χ1n) is 8.22. The molecule has 9 heteroatoms. The Balaban J connectivity index is 1.57. The van der Waals surface area contributed by atoms with Crippen molar-refractivity contribution in [3.63, 3.8) is 0 Å². The number of aromatic nitrogens is 2. The van der Waals surface area contributed by atoms with E-state index < -0.39 is 4.92 Å². The van der Waals surface area contributed by atoms with E-state index in [9.17, 15) is 10.1 Å². The van der Waals surface area contributed by atoms with E-state index in [0.717, 1.165) is 19.4 Å². The van der Waals surface area contributed by atoms with Crippen molar-refractivity contribution in [3.05, 3.63) is 46.7 Å². The first kappa shape index (κ1) is 16.3. The smallest absolute Gasteiger partial charge is 0.293 e. The Morgan fingerprint density at radius 2 is 2.27 bits per heavy atom. The quantitative estimate of drug-likeness (QED) is 0.527. The molecule has 1 fully saturated rings. The molecule has 134 valence electrons. The van der Waals surface area contributed by atoms with E-state index in [1.165, 1.54) is 12.3 Å². The number of anilines is 1. The van der Waals surface area contributed by atoms with E-state index in [1.54, 1.807) is 24.3 Å². The summed E-state index contributed by atoms with van der Waals surface area (Å²) in [5.41, 5.74) is 0.836. The lowest BCUT2D eigenvalue weighted by atomic mass is 10.1. The Morgan fingerprint density at radius 1 is 1.35 bits per heavy atom. The lowest BCUT2D eigenvalue weighted by Crippen LogP contribution is -2.18. The summed E-state index contributed by atoms with van der Waals surface area (Å²) in [4.78, 5) is 15.2. The van der Waals surface area contributed by atoms with Crippen LogP contribution in [0.3, 0.4) is 0 Å². The van der Waals surface area contributed by atoms with Crippen molar-refractivity contribution >= 4 is 11.4 Å². The Labute approximate surface area is 148 Å². The summed E-state index contributed by atoms with van der Waals surface area (Å²) in [5, 5.41) is 18.4. The van der Waals surface area contributed by atoms with Crippen molar-refractivity contribution in [2.45, 2.75) is 18.9 Å². The van der Waals surface area contributed by atoms with E-state index >= 15 is 0 Å². The fourth-order valence-electron chi connectivity index (χ4n) is 2.84. The van der Waals surface area contributed by atoms with Crippen molar-refractivity contribution in [3.8, 4) is 23.0 Å². The molecule has 1 aliphatic heterocycles. The first-order valence-corrected chi connectivity index (χ1v) is 8.22. The van der Waals surface area contributed by atoms with Gasteiger partial charge in [-0.3, -0.25) is 10.1 Å². The second kappa shape index (κ2) is 6.96. The van der Waals surface area contributed by atoms with Gasteiger partial charge in [-0.05, 0) is 37.1 Å². The van der Waals surface area contributed by atoms with Crippen LogP contribution in [0.15, 0.2) is 45.5 Å². The van der Waals surface area contributed by atoms with Crippen LogP contribution in [-0.4, -0.2) is 34.3 Å². The molecular formula is C17H16N4O5. The number of ether oxygens (including phenoxy) is 1. The Kier molecular flexibility index (Phi) is 4.36. The molecule has 0 aliphatic carbocycles. The monoisotopic (exact) mass is 356 g/mol. The summed E-state index contributed by atoms with van der Waals surface area (Å²) in [6.07, 6.45) is 3.56. The molecule has 0 unspecified atom stereocenters. The fraction of sp³-hybridized carbons (Fsp3) is 0.294. The molecule has 0 saturated carbocycles. The van der Waals surface area contributed by atoms with Crippen LogP contribution >= 0.6 is 0 Å². The maximum absolute atomic E-state index is 11.4. The van der Waals surface area contributed by atoms with Crippen molar-refractivity contribution in [2.24, 2.45) is 0 Å². The van der Waals surface area contributed by atoms with Crippen molar-refractivity contribution < 1.29 is 18.6 Å². The lowest BCUT2D eigenvalue weighted by Gasteiger charge is -2.12. The van der Waals surface area contributed by atoms with E-state index in [2.05, 4.69) is 15.5 Å². The second-order valence-electron chi connectivity index (χ2n) is 5.91. The zero-order chi connectivity index (χ0) is 17.9. The molecular weight excluding hydrogens is 340 g/mol. The van der Waals surface area contributed by atoms with Gasteiger partial charge in [0.15, 0.2) is 5.76 Å². The van der Waals surface area contributed by atoms with Gasteiger partial charge in [0.2, 0.25) is 5.82 Å². The van der Waals surface area contributed by atoms with Crippen molar-refractivity contribution in [2.75, 3.05) is 18.5 Å². The minimum Gasteiger partial charge on any atom is -0.461 e. The maximum Gasteiger partial charge on any atom is 0.293 e. The van der Waals surface area contributed by atoms with Gasteiger partial charge in [-0.15, -0.1) is 0 Å². The summed E-state index contributed by atoms with van der Waals surface area (Å²) in [7, 11) is 0. The highest BCUT2D eigenvalue weighted by Gasteiger charge is 2.21. The highest BCUT2D eigenvalue weighted by Crippen LogP contribution is 2.31. The van der Waals surface area contributed by atoms with Gasteiger partial charge in [0, 0.05) is 24.8 Å². The second-order valence-corrected chi connectivity index (χ2v) is 5.91. The van der Waals surface area contributed by atoms with Gasteiger partial charge in [-0.2, -0.15) is 4.98 Å². The van der Waals surface area contributed by atoms with Crippen LogP contribution in [0.1, 0.15) is 12.8 Å². The predicted octanol–water partition coefficient (Wildman–Crippen LogP) is 3.50. The van der Waals surface area contributed by atoms with E-state index in [4.69, 9.17) is 13.7 Å². The molecule has 4 rings (SSSR count). The average molecular weight is 356 g/mol. The highest BCUT2D eigenvalue weighted by atomic mass is 16.6. The van der Waals surface area contributed by atoms with E-state index in [-0.39, 0.29) is 23.5 Å². The average Bonchev–Trinajstić information content (AvgIpc) is 3.41. The number of nitrogens with one attached hydrogen (secondary N) is 1. The third-order valence-electron chi connectivity index (χ3n) is 4.15. The molecule has 1 saturated heterocycles. The fourth-order valence-corrected chi connectivity index (χ4v) is 2.84. The molecule has 1 N–H and O–H groups in total. The summed E-state index contributed by atoms with van der Waals surface area (Å²) >= 11 is 0. The molecule has 0 amide bonds. The molecule has 0 spiro atoms. The Hall–Kier alpha value is -3.20. The van der Waals surface area contributed by atoms with Crippen molar-refractivity contribution in [1.29, 1.82) is 0 Å². The maximum atomic E-state index is 11.4. The SMILES string of the molecule is O=[N+]([O-])c1cc(-c2nc(-c3ccco3)no2)ccc1NC[C@H]1CCCO1. The van der Waals surface area contributed by atoms with Crippen LogP contribution in [0.25, 0.3) is 23.0 Å². The van der Waals surface area contributed by atoms with Gasteiger partial charge in [0.05, 0.1) is 17.3 Å². The molecule has 3 heterocycles. The number of furan rings is 1. The molecule has 9 nitrogen and oxygen atoms in total. The van der Waals surface area contributed by atoms with Crippen LogP contribution in [0.4, 0.5) is 11.4 Å². The number of hydrogen-bond acceptors (Lipinski definition) is 8. The van der Waals surface area contributed by atoms with Gasteiger partial charge in [-0.1, -0.05) is 5.16 Å². The summed E-state index contributed by atoms with van der Waals surface area (Å²) < 4.78 is 16.0. The van der Waals surface area contributed by atoms with E-state index in [0.29, 0.717) is 23.6 Å².